The molecule has 0 aromatic heterocycles. The van der Waals surface area contributed by atoms with Gasteiger partial charge in [-0.05, 0) is 44.2 Å². The first kappa shape index (κ1) is 11.2. The molecule has 0 fully saturated rings. The summed E-state index contributed by atoms with van der Waals surface area (Å²) in [4.78, 5) is 0. The fourth-order valence-corrected chi connectivity index (χ4v) is 4.35. The minimum atomic E-state index is -0.952. The van der Waals surface area contributed by atoms with Crippen LogP contribution in [-0.2, 0) is 0 Å². The van der Waals surface area contributed by atoms with Gasteiger partial charge in [0, 0.05) is 14.0 Å². The van der Waals surface area contributed by atoms with Crippen molar-refractivity contribution in [1.82, 2.24) is 0 Å². The quantitative estimate of drug-likeness (QED) is 0.589. The highest BCUT2D eigenvalue weighted by molar-refractivity contribution is 6.76. The van der Waals surface area contributed by atoms with E-state index in [2.05, 4.69) is 32.6 Å². The summed E-state index contributed by atoms with van der Waals surface area (Å²) in [7, 11) is -0.952. The maximum absolute atomic E-state index is 2.48. The lowest BCUT2D eigenvalue weighted by Crippen LogP contribution is -2.24. The summed E-state index contributed by atoms with van der Waals surface area (Å²) < 4.78 is 0. The first-order chi connectivity index (χ1) is 6.97. The molecule has 0 aromatic carbocycles. The Bertz CT molecular complexity index is 315. The Morgan fingerprint density at radius 1 is 1.13 bits per heavy atom. The van der Waals surface area contributed by atoms with E-state index in [-0.39, 0.29) is 0 Å². The van der Waals surface area contributed by atoms with Gasteiger partial charge in [-0.25, -0.2) is 0 Å². The molecule has 2 rings (SSSR count). The van der Waals surface area contributed by atoms with Gasteiger partial charge in [0.05, 0.1) is 0 Å². The van der Waals surface area contributed by atoms with Crippen LogP contribution in [0.2, 0.25) is 25.7 Å². The van der Waals surface area contributed by atoms with Crippen LogP contribution in [0.25, 0.3) is 0 Å². The average molecular weight is 219 g/mol. The van der Waals surface area contributed by atoms with Crippen LogP contribution in [0.4, 0.5) is 0 Å². The molecule has 1 radical (unpaired) electrons. The first-order valence-electron chi connectivity index (χ1n) is 6.24. The van der Waals surface area contributed by atoms with E-state index in [1.54, 1.807) is 22.6 Å². The van der Waals surface area contributed by atoms with Gasteiger partial charge in [-0.1, -0.05) is 36.9 Å². The van der Waals surface area contributed by atoms with Gasteiger partial charge in [-0.3, -0.25) is 0 Å². The average Bonchev–Trinajstić information content (AvgIpc) is 2.41. The van der Waals surface area contributed by atoms with Gasteiger partial charge < -0.3 is 0 Å². The van der Waals surface area contributed by atoms with Crippen LogP contribution in [0, 0.1) is 5.92 Å². The highest BCUT2D eigenvalue weighted by Gasteiger charge is 2.31. The predicted octanol–water partition coefficient (Wildman–Crippen LogP) is 4.73. The van der Waals surface area contributed by atoms with Crippen molar-refractivity contribution in [2.75, 3.05) is 0 Å². The molecule has 0 bridgehead atoms. The van der Waals surface area contributed by atoms with Crippen molar-refractivity contribution < 1.29 is 0 Å². The molecule has 0 aromatic rings. The molecule has 15 heavy (non-hydrogen) atoms. The standard InChI is InChI=1S/C14H23Si/c1-11-9-12-7-5-6-8-13(12)14(11)10-15(2,3)4/h9H,5-8,10H2,1-4H3. The van der Waals surface area contributed by atoms with Gasteiger partial charge in [0.25, 0.3) is 0 Å². The largest absolute Gasteiger partial charge is 0.0695 e. The van der Waals surface area contributed by atoms with Gasteiger partial charge in [-0.15, -0.1) is 0 Å². The Hall–Kier alpha value is -0.303. The maximum Gasteiger partial charge on any atom is 0.0455 e. The second-order valence-electron chi connectivity index (χ2n) is 6.25. The molecular weight excluding hydrogens is 196 g/mol. The third-order valence-electron chi connectivity index (χ3n) is 3.45. The number of allylic oxidation sites excluding steroid dienone is 4. The zero-order chi connectivity index (χ0) is 11.1. The van der Waals surface area contributed by atoms with E-state index in [0.717, 1.165) is 0 Å². The molecule has 1 heteroatoms. The molecule has 0 aliphatic heterocycles. The van der Waals surface area contributed by atoms with Gasteiger partial charge in [0.2, 0.25) is 0 Å². The SMILES string of the molecule is CC1=CC2=C(CCCC2)[C]1C[Si](C)(C)C. The van der Waals surface area contributed by atoms with E-state index in [9.17, 15) is 0 Å². The highest BCUT2D eigenvalue weighted by Crippen LogP contribution is 2.45. The van der Waals surface area contributed by atoms with Crippen molar-refractivity contribution in [3.05, 3.63) is 28.7 Å². The second-order valence-corrected chi connectivity index (χ2v) is 11.7. The molecule has 2 aliphatic carbocycles. The lowest BCUT2D eigenvalue weighted by Gasteiger charge is -2.26. The van der Waals surface area contributed by atoms with E-state index in [0.29, 0.717) is 0 Å². The van der Waals surface area contributed by atoms with E-state index in [1.165, 1.54) is 31.7 Å². The Labute approximate surface area is 95.5 Å². The summed E-state index contributed by atoms with van der Waals surface area (Å²) in [6.07, 6.45) is 7.97. The van der Waals surface area contributed by atoms with Gasteiger partial charge in [-0.2, -0.15) is 0 Å². The van der Waals surface area contributed by atoms with Crippen molar-refractivity contribution >= 4 is 8.07 Å². The lowest BCUT2D eigenvalue weighted by molar-refractivity contribution is 0.684. The van der Waals surface area contributed by atoms with E-state index >= 15 is 0 Å². The molecule has 0 spiro atoms. The molecule has 0 nitrogen and oxygen atoms in total. The zero-order valence-electron chi connectivity index (χ0n) is 10.6. The molecule has 0 amide bonds. The third kappa shape index (κ3) is 2.44. The van der Waals surface area contributed by atoms with E-state index in [1.807, 2.05) is 0 Å². The molecule has 83 valence electrons. The van der Waals surface area contributed by atoms with Crippen LogP contribution in [0.5, 0.6) is 0 Å². The summed E-state index contributed by atoms with van der Waals surface area (Å²) in [5.41, 5.74) is 4.98. The van der Waals surface area contributed by atoms with Crippen molar-refractivity contribution in [3.63, 3.8) is 0 Å². The Morgan fingerprint density at radius 3 is 2.47 bits per heavy atom. The van der Waals surface area contributed by atoms with E-state index in [4.69, 9.17) is 0 Å². The van der Waals surface area contributed by atoms with Crippen LogP contribution in [0.1, 0.15) is 32.6 Å². The smallest absolute Gasteiger partial charge is 0.0455 e. The second kappa shape index (κ2) is 3.93. The minimum Gasteiger partial charge on any atom is -0.0695 e. The van der Waals surface area contributed by atoms with Crippen LogP contribution in [-0.4, -0.2) is 8.07 Å². The maximum atomic E-state index is 2.48. The first-order valence-corrected chi connectivity index (χ1v) is 9.95. The Balaban J connectivity index is 2.18. The van der Waals surface area contributed by atoms with Crippen molar-refractivity contribution in [1.29, 1.82) is 0 Å². The lowest BCUT2D eigenvalue weighted by atomic mass is 9.88. The monoisotopic (exact) mass is 219 g/mol. The number of hydrogen-bond acceptors (Lipinski definition) is 0. The molecule has 0 saturated carbocycles. The zero-order valence-corrected chi connectivity index (χ0v) is 11.6. The fourth-order valence-electron chi connectivity index (χ4n) is 2.80. The van der Waals surface area contributed by atoms with E-state index < -0.39 is 8.07 Å². The van der Waals surface area contributed by atoms with Crippen LogP contribution < -0.4 is 0 Å². The summed E-state index contributed by atoms with van der Waals surface area (Å²) in [5, 5.41) is 0. The van der Waals surface area contributed by atoms with Crippen molar-refractivity contribution in [2.24, 2.45) is 0 Å². The van der Waals surface area contributed by atoms with Crippen LogP contribution in [0.3, 0.4) is 0 Å². The summed E-state index contributed by atoms with van der Waals surface area (Å²) in [6.45, 7) is 9.76. The molecular formula is C14H23Si. The number of rotatable bonds is 2. The topological polar surface area (TPSA) is 0 Å². The molecule has 2 aliphatic rings. The predicted molar refractivity (Wildman–Crippen MR) is 70.6 cm³/mol. The highest BCUT2D eigenvalue weighted by atomic mass is 28.3. The van der Waals surface area contributed by atoms with Gasteiger partial charge in [0.15, 0.2) is 0 Å². The summed E-state index contributed by atoms with van der Waals surface area (Å²) >= 11 is 0. The molecule has 0 heterocycles. The van der Waals surface area contributed by atoms with Crippen molar-refractivity contribution in [2.45, 2.75) is 58.3 Å². The molecule has 0 N–H and O–H groups in total. The summed E-state index contributed by atoms with van der Waals surface area (Å²) in [5.74, 6) is 1.73. The normalized spacial score (nSPS) is 23.1. The third-order valence-corrected chi connectivity index (χ3v) is 4.86. The van der Waals surface area contributed by atoms with Gasteiger partial charge in [0.1, 0.15) is 0 Å². The molecule has 0 unspecified atom stereocenters. The van der Waals surface area contributed by atoms with Crippen LogP contribution in [0.15, 0.2) is 22.8 Å². The Morgan fingerprint density at radius 2 is 1.80 bits per heavy atom. The fraction of sp³-hybridized carbons (Fsp3) is 0.643. The summed E-state index contributed by atoms with van der Waals surface area (Å²) in [6, 6.07) is 1.38. The molecule has 0 atom stereocenters. The molecule has 0 saturated heterocycles. The van der Waals surface area contributed by atoms with Gasteiger partial charge >= 0.3 is 0 Å². The number of hydrogen-bond donors (Lipinski definition) is 0. The minimum absolute atomic E-state index is 0.952. The van der Waals surface area contributed by atoms with Crippen LogP contribution >= 0.6 is 0 Å². The Kier molecular flexibility index (Phi) is 2.93. The van der Waals surface area contributed by atoms with Crippen molar-refractivity contribution in [3.8, 4) is 0 Å².